The highest BCUT2D eigenvalue weighted by atomic mass is 35.5. The van der Waals surface area contributed by atoms with Gasteiger partial charge in [-0.15, -0.1) is 0 Å². The Hall–Kier alpha value is -2.14. The number of nitrogens with zero attached hydrogens (tertiary/aromatic N) is 4. The first-order chi connectivity index (χ1) is 10.8. The third kappa shape index (κ3) is 2.41. The predicted octanol–water partition coefficient (Wildman–Crippen LogP) is 2.92. The number of hydrogen-bond donors (Lipinski definition) is 1. The van der Waals surface area contributed by atoms with E-state index in [-0.39, 0.29) is 0 Å². The molecule has 1 aliphatic rings. The average molecular weight is 314 g/mol. The quantitative estimate of drug-likeness (QED) is 0.804. The highest BCUT2D eigenvalue weighted by Crippen LogP contribution is 2.27. The molecule has 2 aromatic heterocycles. The van der Waals surface area contributed by atoms with Crippen LogP contribution in [-0.4, -0.2) is 26.1 Å². The van der Waals surface area contributed by atoms with E-state index in [4.69, 9.17) is 11.6 Å². The fourth-order valence-corrected chi connectivity index (χ4v) is 3.11. The van der Waals surface area contributed by atoms with Crippen LogP contribution >= 0.6 is 11.6 Å². The topological polar surface area (TPSA) is 55.1 Å². The lowest BCUT2D eigenvalue weighted by atomic mass is 10.1. The van der Waals surface area contributed by atoms with Crippen LogP contribution in [-0.2, 0) is 19.3 Å². The molecule has 0 saturated carbocycles. The van der Waals surface area contributed by atoms with Gasteiger partial charge in [0.15, 0.2) is 0 Å². The Morgan fingerprint density at radius 3 is 2.91 bits per heavy atom. The Balaban J connectivity index is 1.56. The van der Waals surface area contributed by atoms with Crippen molar-refractivity contribution in [2.75, 3.05) is 11.9 Å². The van der Waals surface area contributed by atoms with Crippen molar-refractivity contribution in [1.82, 2.24) is 19.6 Å². The molecule has 6 heteroatoms. The normalized spacial score (nSPS) is 13.5. The van der Waals surface area contributed by atoms with Crippen LogP contribution in [0.4, 0.5) is 5.82 Å². The Morgan fingerprint density at radius 1 is 1.18 bits per heavy atom. The zero-order valence-electron chi connectivity index (χ0n) is 12.1. The van der Waals surface area contributed by atoms with E-state index in [1.165, 1.54) is 11.1 Å². The smallest absolute Gasteiger partial charge is 0.254 e. The number of fused-ring (bicyclic) bond motifs is 2. The first-order valence-corrected chi connectivity index (χ1v) is 7.89. The summed E-state index contributed by atoms with van der Waals surface area (Å²) in [6.45, 7) is 0.840. The van der Waals surface area contributed by atoms with Crippen molar-refractivity contribution in [3.63, 3.8) is 0 Å². The molecule has 4 rings (SSSR count). The molecular weight excluding hydrogens is 298 g/mol. The maximum atomic E-state index is 5.92. The van der Waals surface area contributed by atoms with E-state index in [1.807, 2.05) is 16.6 Å². The van der Waals surface area contributed by atoms with Crippen LogP contribution in [0.3, 0.4) is 0 Å². The minimum atomic E-state index is 0.676. The minimum absolute atomic E-state index is 0.676. The highest BCUT2D eigenvalue weighted by molar-refractivity contribution is 6.30. The Labute approximate surface area is 133 Å². The molecule has 1 aromatic carbocycles. The van der Waals surface area contributed by atoms with Crippen molar-refractivity contribution in [3.8, 4) is 0 Å². The summed E-state index contributed by atoms with van der Waals surface area (Å²) >= 11 is 5.92. The monoisotopic (exact) mass is 313 g/mol. The number of nitrogens with one attached hydrogen (secondary N) is 1. The van der Waals surface area contributed by atoms with E-state index in [0.29, 0.717) is 5.78 Å². The van der Waals surface area contributed by atoms with Gasteiger partial charge in [-0.1, -0.05) is 23.7 Å². The Bertz CT molecular complexity index is 809. The molecule has 5 nitrogen and oxygen atoms in total. The Kier molecular flexibility index (Phi) is 3.42. The van der Waals surface area contributed by atoms with Crippen LogP contribution < -0.4 is 5.32 Å². The van der Waals surface area contributed by atoms with Gasteiger partial charge in [0.05, 0.1) is 5.69 Å². The third-order valence-corrected chi connectivity index (χ3v) is 4.32. The maximum absolute atomic E-state index is 5.92. The van der Waals surface area contributed by atoms with Crippen LogP contribution in [0.15, 0.2) is 30.6 Å². The number of aryl methyl sites for hydroxylation is 1. The first kappa shape index (κ1) is 13.5. The number of aromatic nitrogens is 4. The second-order valence-corrected chi connectivity index (χ2v) is 5.95. The minimum Gasteiger partial charge on any atom is -0.369 e. The van der Waals surface area contributed by atoms with Gasteiger partial charge in [-0.2, -0.15) is 14.6 Å². The summed E-state index contributed by atoms with van der Waals surface area (Å²) in [4.78, 5) is 8.81. The van der Waals surface area contributed by atoms with Gasteiger partial charge in [-0.05, 0) is 43.4 Å². The van der Waals surface area contributed by atoms with Gasteiger partial charge in [0, 0.05) is 17.1 Å². The molecule has 0 amide bonds. The summed E-state index contributed by atoms with van der Waals surface area (Å²) < 4.78 is 1.81. The number of hydrogen-bond acceptors (Lipinski definition) is 4. The maximum Gasteiger partial charge on any atom is 0.254 e. The van der Waals surface area contributed by atoms with Crippen molar-refractivity contribution in [3.05, 3.63) is 52.4 Å². The zero-order valence-corrected chi connectivity index (χ0v) is 12.8. The van der Waals surface area contributed by atoms with Gasteiger partial charge >= 0.3 is 0 Å². The fraction of sp³-hybridized carbons (Fsp3) is 0.312. The van der Waals surface area contributed by atoms with E-state index in [2.05, 4.69) is 32.5 Å². The van der Waals surface area contributed by atoms with Gasteiger partial charge in [-0.25, -0.2) is 4.98 Å². The fourth-order valence-electron chi connectivity index (χ4n) is 2.98. The summed E-state index contributed by atoms with van der Waals surface area (Å²) in [5.74, 6) is 1.72. The standard InChI is InChI=1S/C16H16ClN5/c17-12-6-4-11(5-7-12)8-9-18-15-13-2-1-3-14(13)21-16-19-10-20-22(15)16/h4-7,10,18H,1-3,8-9H2. The van der Waals surface area contributed by atoms with Crippen LogP contribution in [0.1, 0.15) is 23.2 Å². The van der Waals surface area contributed by atoms with Crippen LogP contribution in [0, 0.1) is 0 Å². The molecule has 0 fully saturated rings. The van der Waals surface area contributed by atoms with E-state index in [0.717, 1.165) is 48.8 Å². The summed E-state index contributed by atoms with van der Waals surface area (Å²) in [5, 5.41) is 8.59. The van der Waals surface area contributed by atoms with E-state index in [1.54, 1.807) is 6.33 Å². The molecule has 0 radical (unpaired) electrons. The van der Waals surface area contributed by atoms with Crippen molar-refractivity contribution in [1.29, 1.82) is 0 Å². The highest BCUT2D eigenvalue weighted by Gasteiger charge is 2.20. The van der Waals surface area contributed by atoms with Crippen LogP contribution in [0.5, 0.6) is 0 Å². The van der Waals surface area contributed by atoms with E-state index < -0.39 is 0 Å². The SMILES string of the molecule is Clc1ccc(CCNc2c3c(nc4ncnn24)CCC3)cc1. The number of anilines is 1. The first-order valence-electron chi connectivity index (χ1n) is 7.51. The molecule has 0 bridgehead atoms. The van der Waals surface area contributed by atoms with Crippen molar-refractivity contribution in [2.45, 2.75) is 25.7 Å². The van der Waals surface area contributed by atoms with Gasteiger partial charge in [0.25, 0.3) is 5.78 Å². The zero-order chi connectivity index (χ0) is 14.9. The van der Waals surface area contributed by atoms with Gasteiger partial charge in [-0.3, -0.25) is 0 Å². The molecule has 0 saturated heterocycles. The van der Waals surface area contributed by atoms with Gasteiger partial charge in [0.2, 0.25) is 0 Å². The predicted molar refractivity (Wildman–Crippen MR) is 86.5 cm³/mol. The summed E-state index contributed by atoms with van der Waals surface area (Å²) in [7, 11) is 0. The average Bonchev–Trinajstić information content (AvgIpc) is 3.17. The molecule has 112 valence electrons. The van der Waals surface area contributed by atoms with E-state index in [9.17, 15) is 0 Å². The molecule has 1 aliphatic carbocycles. The second kappa shape index (κ2) is 5.57. The van der Waals surface area contributed by atoms with Crippen molar-refractivity contribution >= 4 is 23.2 Å². The number of halogens is 1. The lowest BCUT2D eigenvalue weighted by Gasteiger charge is -2.12. The van der Waals surface area contributed by atoms with E-state index >= 15 is 0 Å². The molecule has 0 unspecified atom stereocenters. The van der Waals surface area contributed by atoms with Crippen molar-refractivity contribution < 1.29 is 0 Å². The molecule has 3 aromatic rings. The number of rotatable bonds is 4. The molecule has 0 spiro atoms. The Morgan fingerprint density at radius 2 is 2.05 bits per heavy atom. The molecule has 22 heavy (non-hydrogen) atoms. The lowest BCUT2D eigenvalue weighted by Crippen LogP contribution is -2.12. The van der Waals surface area contributed by atoms with Crippen LogP contribution in [0.2, 0.25) is 5.02 Å². The molecule has 0 aliphatic heterocycles. The number of benzene rings is 1. The van der Waals surface area contributed by atoms with Gasteiger partial charge < -0.3 is 5.32 Å². The molecule has 1 N–H and O–H groups in total. The molecule has 0 atom stereocenters. The molecule has 2 heterocycles. The second-order valence-electron chi connectivity index (χ2n) is 5.51. The van der Waals surface area contributed by atoms with Crippen LogP contribution in [0.25, 0.3) is 5.78 Å². The molecular formula is C16H16ClN5. The summed E-state index contributed by atoms with van der Waals surface area (Å²) in [5.41, 5.74) is 3.71. The third-order valence-electron chi connectivity index (χ3n) is 4.07. The van der Waals surface area contributed by atoms with Gasteiger partial charge in [0.1, 0.15) is 12.1 Å². The summed E-state index contributed by atoms with van der Waals surface area (Å²) in [6.07, 6.45) is 5.74. The summed E-state index contributed by atoms with van der Waals surface area (Å²) in [6, 6.07) is 7.98. The largest absolute Gasteiger partial charge is 0.369 e. The van der Waals surface area contributed by atoms with Crippen molar-refractivity contribution in [2.24, 2.45) is 0 Å². The lowest BCUT2D eigenvalue weighted by molar-refractivity contribution is 0.891.